The fraction of sp³-hybridized carbons (Fsp3) is 0.200. The maximum absolute atomic E-state index is 5.43. The Kier molecular flexibility index (Phi) is 5.18. The fourth-order valence-electron chi connectivity index (χ4n) is 1.57. The predicted octanol–water partition coefficient (Wildman–Crippen LogP) is 2.92. The standard InChI is InChI=1S/C15H15N3O2S/c1-4-7-20-14-8-12(5-6-13(14)19-3)9-16-18-15-17-11(2)10-21-15/h1,5-6,8-10H,7H2,2-3H3,(H,17,18). The topological polar surface area (TPSA) is 55.7 Å². The van der Waals surface area contributed by atoms with Crippen LogP contribution >= 0.6 is 11.3 Å². The summed E-state index contributed by atoms with van der Waals surface area (Å²) in [5.41, 5.74) is 4.71. The summed E-state index contributed by atoms with van der Waals surface area (Å²) in [5.74, 6) is 3.64. The number of terminal acetylenes is 1. The number of anilines is 1. The molecule has 0 saturated carbocycles. The third-order valence-corrected chi connectivity index (χ3v) is 3.36. The van der Waals surface area contributed by atoms with E-state index in [1.165, 1.54) is 11.3 Å². The minimum absolute atomic E-state index is 0.188. The molecule has 1 N–H and O–H groups in total. The number of nitrogens with zero attached hydrogens (tertiary/aromatic N) is 2. The maximum Gasteiger partial charge on any atom is 0.203 e. The number of nitrogens with one attached hydrogen (secondary N) is 1. The van der Waals surface area contributed by atoms with E-state index in [1.54, 1.807) is 19.4 Å². The van der Waals surface area contributed by atoms with Crippen molar-refractivity contribution in [2.75, 3.05) is 19.1 Å². The van der Waals surface area contributed by atoms with E-state index in [1.807, 2.05) is 24.4 Å². The van der Waals surface area contributed by atoms with E-state index < -0.39 is 0 Å². The van der Waals surface area contributed by atoms with Crippen molar-refractivity contribution < 1.29 is 9.47 Å². The minimum atomic E-state index is 0.188. The lowest BCUT2D eigenvalue weighted by atomic mass is 10.2. The van der Waals surface area contributed by atoms with Gasteiger partial charge in [-0.3, -0.25) is 5.43 Å². The van der Waals surface area contributed by atoms with E-state index >= 15 is 0 Å². The van der Waals surface area contributed by atoms with E-state index in [4.69, 9.17) is 15.9 Å². The summed E-state index contributed by atoms with van der Waals surface area (Å²) in [6, 6.07) is 5.50. The summed E-state index contributed by atoms with van der Waals surface area (Å²) in [6.45, 7) is 2.12. The van der Waals surface area contributed by atoms with E-state index in [0.717, 1.165) is 16.4 Å². The molecule has 6 heteroatoms. The van der Waals surface area contributed by atoms with Gasteiger partial charge in [-0.05, 0) is 30.7 Å². The zero-order chi connectivity index (χ0) is 15.1. The van der Waals surface area contributed by atoms with Crippen LogP contribution in [0.3, 0.4) is 0 Å². The average molecular weight is 301 g/mol. The molecule has 108 valence electrons. The first-order valence-corrected chi connectivity index (χ1v) is 7.06. The number of aromatic nitrogens is 1. The van der Waals surface area contributed by atoms with Gasteiger partial charge in [0.25, 0.3) is 0 Å². The van der Waals surface area contributed by atoms with Crippen molar-refractivity contribution in [3.8, 4) is 23.8 Å². The van der Waals surface area contributed by atoms with Crippen LogP contribution in [0, 0.1) is 19.3 Å². The molecule has 0 aliphatic rings. The Labute approximate surface area is 127 Å². The number of thiazole rings is 1. The third kappa shape index (κ3) is 4.23. The van der Waals surface area contributed by atoms with Gasteiger partial charge < -0.3 is 9.47 Å². The van der Waals surface area contributed by atoms with Crippen LogP contribution < -0.4 is 14.9 Å². The molecule has 0 aliphatic carbocycles. The summed E-state index contributed by atoms with van der Waals surface area (Å²) in [6.07, 6.45) is 6.87. The van der Waals surface area contributed by atoms with Crippen LogP contribution in [0.1, 0.15) is 11.3 Å². The van der Waals surface area contributed by atoms with Gasteiger partial charge in [0.15, 0.2) is 11.5 Å². The fourth-order valence-corrected chi connectivity index (χ4v) is 2.21. The summed E-state index contributed by atoms with van der Waals surface area (Å²) in [7, 11) is 1.58. The molecule has 0 unspecified atom stereocenters. The number of aryl methyl sites for hydroxylation is 1. The van der Waals surface area contributed by atoms with Gasteiger partial charge in [0.2, 0.25) is 5.13 Å². The SMILES string of the molecule is C#CCOc1cc(C=NNc2nc(C)cs2)ccc1OC. The van der Waals surface area contributed by atoms with Crippen molar-refractivity contribution in [1.29, 1.82) is 0 Å². The third-order valence-electron chi connectivity index (χ3n) is 2.49. The Balaban J connectivity index is 2.07. The monoisotopic (exact) mass is 301 g/mol. The van der Waals surface area contributed by atoms with Gasteiger partial charge in [0.1, 0.15) is 6.61 Å². The molecule has 0 radical (unpaired) electrons. The molecule has 0 fully saturated rings. The first kappa shape index (κ1) is 14.9. The second-order valence-electron chi connectivity index (χ2n) is 4.07. The quantitative estimate of drug-likeness (QED) is 0.506. The lowest BCUT2D eigenvalue weighted by Crippen LogP contribution is -1.98. The average Bonchev–Trinajstić information content (AvgIpc) is 2.91. The molecule has 5 nitrogen and oxygen atoms in total. The minimum Gasteiger partial charge on any atom is -0.493 e. The Morgan fingerprint density at radius 3 is 3.00 bits per heavy atom. The molecule has 0 bridgehead atoms. The summed E-state index contributed by atoms with van der Waals surface area (Å²) >= 11 is 1.50. The molecule has 0 saturated heterocycles. The van der Waals surface area contributed by atoms with Crippen LogP contribution in [-0.2, 0) is 0 Å². The lowest BCUT2D eigenvalue weighted by Gasteiger charge is -2.09. The van der Waals surface area contributed by atoms with Crippen molar-refractivity contribution in [2.45, 2.75) is 6.92 Å². The highest BCUT2D eigenvalue weighted by Gasteiger charge is 2.04. The molecule has 1 heterocycles. The largest absolute Gasteiger partial charge is 0.493 e. The molecule has 1 aromatic heterocycles. The number of benzene rings is 1. The van der Waals surface area contributed by atoms with E-state index in [2.05, 4.69) is 21.4 Å². The summed E-state index contributed by atoms with van der Waals surface area (Å²) < 4.78 is 10.6. The Morgan fingerprint density at radius 1 is 1.48 bits per heavy atom. The number of hydrazone groups is 1. The second-order valence-corrected chi connectivity index (χ2v) is 4.93. The van der Waals surface area contributed by atoms with Crippen LogP contribution in [0.15, 0.2) is 28.7 Å². The first-order valence-electron chi connectivity index (χ1n) is 6.18. The molecule has 2 aromatic rings. The van der Waals surface area contributed by atoms with Crippen LogP contribution in [0.2, 0.25) is 0 Å². The number of ether oxygens (including phenoxy) is 2. The van der Waals surface area contributed by atoms with Gasteiger partial charge in [-0.15, -0.1) is 17.8 Å². The Bertz CT molecular complexity index is 674. The van der Waals surface area contributed by atoms with E-state index in [0.29, 0.717) is 11.5 Å². The summed E-state index contributed by atoms with van der Waals surface area (Å²) in [4.78, 5) is 4.25. The molecule has 21 heavy (non-hydrogen) atoms. The van der Waals surface area contributed by atoms with Crippen molar-refractivity contribution in [1.82, 2.24) is 4.98 Å². The zero-order valence-electron chi connectivity index (χ0n) is 11.8. The van der Waals surface area contributed by atoms with Crippen molar-refractivity contribution in [3.63, 3.8) is 0 Å². The predicted molar refractivity (Wildman–Crippen MR) is 85.4 cm³/mol. The van der Waals surface area contributed by atoms with Gasteiger partial charge in [-0.25, -0.2) is 4.98 Å². The van der Waals surface area contributed by atoms with Crippen LogP contribution in [0.4, 0.5) is 5.13 Å². The molecule has 0 aliphatic heterocycles. The van der Waals surface area contributed by atoms with Gasteiger partial charge in [0.05, 0.1) is 19.0 Å². The Morgan fingerprint density at radius 2 is 2.33 bits per heavy atom. The number of hydrogen-bond donors (Lipinski definition) is 1. The normalized spacial score (nSPS) is 10.3. The number of methoxy groups -OCH3 is 1. The van der Waals surface area contributed by atoms with Gasteiger partial charge >= 0.3 is 0 Å². The maximum atomic E-state index is 5.43. The Hall–Kier alpha value is -2.52. The van der Waals surface area contributed by atoms with Crippen molar-refractivity contribution >= 4 is 22.7 Å². The lowest BCUT2D eigenvalue weighted by molar-refractivity contribution is 0.331. The molecular formula is C15H15N3O2S. The van der Waals surface area contributed by atoms with Crippen molar-refractivity contribution in [2.24, 2.45) is 5.10 Å². The highest BCUT2D eigenvalue weighted by atomic mass is 32.1. The van der Waals surface area contributed by atoms with Crippen LogP contribution in [-0.4, -0.2) is 24.9 Å². The van der Waals surface area contributed by atoms with Gasteiger partial charge in [-0.2, -0.15) is 5.10 Å². The first-order chi connectivity index (χ1) is 10.2. The highest BCUT2D eigenvalue weighted by molar-refractivity contribution is 7.13. The summed E-state index contributed by atoms with van der Waals surface area (Å²) in [5, 5.41) is 6.84. The molecule has 2 rings (SSSR count). The van der Waals surface area contributed by atoms with Crippen molar-refractivity contribution in [3.05, 3.63) is 34.8 Å². The van der Waals surface area contributed by atoms with Crippen LogP contribution in [0.25, 0.3) is 0 Å². The smallest absolute Gasteiger partial charge is 0.203 e. The van der Waals surface area contributed by atoms with E-state index in [9.17, 15) is 0 Å². The molecule has 0 spiro atoms. The zero-order valence-corrected chi connectivity index (χ0v) is 12.6. The van der Waals surface area contributed by atoms with E-state index in [-0.39, 0.29) is 6.61 Å². The molecule has 1 aromatic carbocycles. The van der Waals surface area contributed by atoms with Gasteiger partial charge in [-0.1, -0.05) is 5.92 Å². The molecule has 0 amide bonds. The highest BCUT2D eigenvalue weighted by Crippen LogP contribution is 2.27. The molecule has 0 atom stereocenters. The van der Waals surface area contributed by atoms with Gasteiger partial charge in [0, 0.05) is 5.38 Å². The second kappa shape index (κ2) is 7.31. The number of hydrogen-bond acceptors (Lipinski definition) is 6. The van der Waals surface area contributed by atoms with Crippen LogP contribution in [0.5, 0.6) is 11.5 Å². The molecular weight excluding hydrogens is 286 g/mol. The number of rotatable bonds is 6.